The molecule has 0 spiro atoms. The van der Waals surface area contributed by atoms with E-state index < -0.39 is 0 Å². The van der Waals surface area contributed by atoms with E-state index in [4.69, 9.17) is 4.74 Å². The molecule has 0 aliphatic carbocycles. The van der Waals surface area contributed by atoms with Crippen LogP contribution in [0.4, 0.5) is 15.3 Å². The summed E-state index contributed by atoms with van der Waals surface area (Å²) in [4.78, 5) is 27.2. The van der Waals surface area contributed by atoms with Gasteiger partial charge in [-0.25, -0.2) is 9.59 Å². The van der Waals surface area contributed by atoms with E-state index in [-0.39, 0.29) is 12.1 Å². The highest BCUT2D eigenvalue weighted by molar-refractivity contribution is 5.90. The van der Waals surface area contributed by atoms with Crippen molar-refractivity contribution in [2.24, 2.45) is 0 Å². The number of piperazine rings is 1. The number of nitrogens with zero attached hydrogens (tertiary/aromatic N) is 2. The first-order valence-corrected chi connectivity index (χ1v) is 8.63. The molecule has 1 aliphatic heterocycles. The lowest BCUT2D eigenvalue weighted by Crippen LogP contribution is -2.51. The van der Waals surface area contributed by atoms with Gasteiger partial charge in [-0.3, -0.25) is 0 Å². The first-order chi connectivity index (χ1) is 12.6. The van der Waals surface area contributed by atoms with Crippen molar-refractivity contribution in [3.8, 4) is 11.1 Å². The fourth-order valence-corrected chi connectivity index (χ4v) is 3.05. The molecule has 1 fully saturated rings. The molecular weight excluding hydrogens is 330 g/mol. The van der Waals surface area contributed by atoms with Gasteiger partial charge in [-0.15, -0.1) is 0 Å². The predicted molar refractivity (Wildman–Crippen MR) is 101 cm³/mol. The average Bonchev–Trinajstić information content (AvgIpc) is 2.68. The molecule has 0 bridgehead atoms. The molecule has 0 unspecified atom stereocenters. The minimum Gasteiger partial charge on any atom is -0.453 e. The SMILES string of the molecule is COC(=O)N1CCN(C(=O)Nc2ccc(-c3ccccc3C)cc2)CC1. The zero-order valence-corrected chi connectivity index (χ0v) is 15.1. The Morgan fingerprint density at radius 1 is 0.923 bits per heavy atom. The monoisotopic (exact) mass is 353 g/mol. The highest BCUT2D eigenvalue weighted by Crippen LogP contribution is 2.24. The van der Waals surface area contributed by atoms with E-state index in [2.05, 4.69) is 24.4 Å². The molecule has 0 saturated carbocycles. The predicted octanol–water partition coefficient (Wildman–Crippen LogP) is 3.58. The standard InChI is InChI=1S/C20H23N3O3/c1-15-5-3-4-6-18(15)16-7-9-17(10-8-16)21-19(24)22-11-13-23(14-12-22)20(25)26-2/h3-10H,11-14H2,1-2H3,(H,21,24). The molecule has 2 aromatic carbocycles. The van der Waals surface area contributed by atoms with Gasteiger partial charge in [-0.05, 0) is 35.7 Å². The molecule has 1 N–H and O–H groups in total. The number of ether oxygens (including phenoxy) is 1. The summed E-state index contributed by atoms with van der Waals surface area (Å²) in [6, 6.07) is 15.9. The lowest BCUT2D eigenvalue weighted by atomic mass is 10.0. The van der Waals surface area contributed by atoms with Crippen molar-refractivity contribution in [1.82, 2.24) is 9.80 Å². The molecule has 6 nitrogen and oxygen atoms in total. The fraction of sp³-hybridized carbons (Fsp3) is 0.300. The third kappa shape index (κ3) is 3.96. The zero-order chi connectivity index (χ0) is 18.5. The Morgan fingerprint density at radius 2 is 1.54 bits per heavy atom. The molecule has 2 aromatic rings. The average molecular weight is 353 g/mol. The Balaban J connectivity index is 1.59. The van der Waals surface area contributed by atoms with Crippen LogP contribution < -0.4 is 5.32 Å². The topological polar surface area (TPSA) is 61.9 Å². The van der Waals surface area contributed by atoms with Gasteiger partial charge in [-0.1, -0.05) is 36.4 Å². The molecule has 0 atom stereocenters. The van der Waals surface area contributed by atoms with Crippen LogP contribution in [0.25, 0.3) is 11.1 Å². The molecule has 3 rings (SSSR count). The second-order valence-electron chi connectivity index (χ2n) is 6.27. The molecule has 1 heterocycles. The van der Waals surface area contributed by atoms with Crippen molar-refractivity contribution in [2.45, 2.75) is 6.92 Å². The van der Waals surface area contributed by atoms with E-state index in [1.807, 2.05) is 36.4 Å². The minimum absolute atomic E-state index is 0.154. The third-order valence-corrected chi connectivity index (χ3v) is 4.59. The van der Waals surface area contributed by atoms with Crippen LogP contribution in [0.2, 0.25) is 0 Å². The molecule has 0 aromatic heterocycles. The van der Waals surface area contributed by atoms with Crippen molar-refractivity contribution in [3.05, 3.63) is 54.1 Å². The van der Waals surface area contributed by atoms with E-state index >= 15 is 0 Å². The third-order valence-electron chi connectivity index (χ3n) is 4.59. The van der Waals surface area contributed by atoms with E-state index in [0.717, 1.165) is 11.3 Å². The summed E-state index contributed by atoms with van der Waals surface area (Å²) in [6.07, 6.45) is -0.350. The van der Waals surface area contributed by atoms with E-state index in [0.29, 0.717) is 26.2 Å². The maximum absolute atomic E-state index is 12.4. The molecule has 136 valence electrons. The van der Waals surface area contributed by atoms with Gasteiger partial charge in [0.25, 0.3) is 0 Å². The van der Waals surface area contributed by atoms with Gasteiger partial charge in [0, 0.05) is 31.9 Å². The number of amides is 3. The maximum atomic E-state index is 12.4. The Morgan fingerprint density at radius 3 is 2.15 bits per heavy atom. The minimum atomic E-state index is -0.350. The van der Waals surface area contributed by atoms with Gasteiger partial charge in [0.1, 0.15) is 0 Å². The summed E-state index contributed by atoms with van der Waals surface area (Å²) in [6.45, 7) is 4.02. The van der Waals surface area contributed by atoms with Crippen LogP contribution in [0.15, 0.2) is 48.5 Å². The fourth-order valence-electron chi connectivity index (χ4n) is 3.05. The summed E-state index contributed by atoms with van der Waals surface area (Å²) in [7, 11) is 1.36. The Hall–Kier alpha value is -3.02. The number of rotatable bonds is 2. The molecule has 6 heteroatoms. The molecule has 1 saturated heterocycles. The Bertz CT molecular complexity index is 781. The summed E-state index contributed by atoms with van der Waals surface area (Å²) < 4.78 is 4.71. The largest absolute Gasteiger partial charge is 0.453 e. The van der Waals surface area contributed by atoms with Gasteiger partial charge < -0.3 is 19.9 Å². The van der Waals surface area contributed by atoms with Crippen LogP contribution in [0.5, 0.6) is 0 Å². The molecule has 0 radical (unpaired) electrons. The van der Waals surface area contributed by atoms with E-state index in [1.165, 1.54) is 18.2 Å². The second kappa shape index (κ2) is 7.91. The molecule has 3 amide bonds. The van der Waals surface area contributed by atoms with Crippen LogP contribution in [-0.4, -0.2) is 55.2 Å². The lowest BCUT2D eigenvalue weighted by molar-refractivity contribution is 0.0993. The maximum Gasteiger partial charge on any atom is 0.409 e. The summed E-state index contributed by atoms with van der Waals surface area (Å²) in [5, 5.41) is 2.92. The number of anilines is 1. The smallest absolute Gasteiger partial charge is 0.409 e. The van der Waals surface area contributed by atoms with Crippen LogP contribution in [0, 0.1) is 6.92 Å². The highest BCUT2D eigenvalue weighted by atomic mass is 16.5. The Kier molecular flexibility index (Phi) is 5.41. The number of nitrogens with one attached hydrogen (secondary N) is 1. The van der Waals surface area contributed by atoms with Gasteiger partial charge in [0.2, 0.25) is 0 Å². The quantitative estimate of drug-likeness (QED) is 0.898. The van der Waals surface area contributed by atoms with Crippen LogP contribution >= 0.6 is 0 Å². The van der Waals surface area contributed by atoms with Crippen LogP contribution in [0.3, 0.4) is 0 Å². The number of hydrogen-bond acceptors (Lipinski definition) is 3. The van der Waals surface area contributed by atoms with Crippen molar-refractivity contribution >= 4 is 17.8 Å². The second-order valence-corrected chi connectivity index (χ2v) is 6.27. The summed E-state index contributed by atoms with van der Waals surface area (Å²) in [5.41, 5.74) is 4.27. The number of benzene rings is 2. The van der Waals surface area contributed by atoms with E-state index in [9.17, 15) is 9.59 Å². The normalized spacial score (nSPS) is 14.1. The first-order valence-electron chi connectivity index (χ1n) is 8.63. The van der Waals surface area contributed by atoms with E-state index in [1.54, 1.807) is 9.80 Å². The van der Waals surface area contributed by atoms with Crippen molar-refractivity contribution in [1.29, 1.82) is 0 Å². The number of carbonyl (C=O) groups excluding carboxylic acids is 2. The van der Waals surface area contributed by atoms with Crippen LogP contribution in [-0.2, 0) is 4.74 Å². The summed E-state index contributed by atoms with van der Waals surface area (Å²) >= 11 is 0. The van der Waals surface area contributed by atoms with Crippen molar-refractivity contribution < 1.29 is 14.3 Å². The van der Waals surface area contributed by atoms with Crippen molar-refractivity contribution in [3.63, 3.8) is 0 Å². The summed E-state index contributed by atoms with van der Waals surface area (Å²) in [5.74, 6) is 0. The number of urea groups is 1. The number of carbonyl (C=O) groups is 2. The van der Waals surface area contributed by atoms with Crippen LogP contribution in [0.1, 0.15) is 5.56 Å². The first kappa shape index (κ1) is 17.8. The van der Waals surface area contributed by atoms with Gasteiger partial charge in [-0.2, -0.15) is 0 Å². The molecular formula is C20H23N3O3. The molecule has 1 aliphatic rings. The molecule has 26 heavy (non-hydrogen) atoms. The zero-order valence-electron chi connectivity index (χ0n) is 15.1. The van der Waals surface area contributed by atoms with Gasteiger partial charge in [0.15, 0.2) is 0 Å². The number of aryl methyl sites for hydroxylation is 1. The highest BCUT2D eigenvalue weighted by Gasteiger charge is 2.24. The number of hydrogen-bond donors (Lipinski definition) is 1. The van der Waals surface area contributed by atoms with Crippen molar-refractivity contribution in [2.75, 3.05) is 38.6 Å². The van der Waals surface area contributed by atoms with Gasteiger partial charge in [0.05, 0.1) is 7.11 Å². The lowest BCUT2D eigenvalue weighted by Gasteiger charge is -2.33. The number of methoxy groups -OCH3 is 1. The van der Waals surface area contributed by atoms with Gasteiger partial charge >= 0.3 is 12.1 Å². The Labute approximate surface area is 153 Å².